The third-order valence-electron chi connectivity index (χ3n) is 4.74. The molecule has 3 rings (SSSR count). The molecule has 2 fully saturated rings. The van der Waals surface area contributed by atoms with Crippen molar-refractivity contribution in [2.24, 2.45) is 11.8 Å². The molecule has 0 aromatic heterocycles. The highest BCUT2D eigenvalue weighted by atomic mass is 16.3. The smallest absolute Gasteiger partial charge is 0.245 e. The Kier molecular flexibility index (Phi) is 3.50. The molecule has 2 saturated carbocycles. The summed E-state index contributed by atoms with van der Waals surface area (Å²) in [5.41, 5.74) is 1.05. The number of rotatable bonds is 3. The van der Waals surface area contributed by atoms with E-state index in [9.17, 15) is 15.0 Å². The van der Waals surface area contributed by atoms with E-state index in [0.29, 0.717) is 6.42 Å². The van der Waals surface area contributed by atoms with Gasteiger partial charge in [-0.3, -0.25) is 4.79 Å². The second kappa shape index (κ2) is 5.16. The predicted octanol–water partition coefficient (Wildman–Crippen LogP) is -0.381. The van der Waals surface area contributed by atoms with Crippen LogP contribution < -0.4 is 5.32 Å². The van der Waals surface area contributed by atoms with Crippen LogP contribution in [0.15, 0.2) is 30.3 Å². The molecule has 1 amide bonds. The summed E-state index contributed by atoms with van der Waals surface area (Å²) in [4.78, 5) is 11.5. The van der Waals surface area contributed by atoms with E-state index in [2.05, 4.69) is 5.32 Å². The lowest BCUT2D eigenvalue weighted by Gasteiger charge is -2.37. The number of carbonyl (C=O) groups excluding carboxylic acids is 1. The first-order valence-corrected chi connectivity index (χ1v) is 6.94. The van der Waals surface area contributed by atoms with Gasteiger partial charge in [-0.05, 0) is 17.9 Å². The molecule has 6 atom stereocenters. The van der Waals surface area contributed by atoms with E-state index in [1.54, 1.807) is 0 Å². The number of benzene rings is 1. The van der Waals surface area contributed by atoms with Crippen molar-refractivity contribution in [3.63, 3.8) is 0 Å². The van der Waals surface area contributed by atoms with Gasteiger partial charge in [-0.15, -0.1) is 0 Å². The summed E-state index contributed by atoms with van der Waals surface area (Å²) in [6.07, 6.45) is -0.852. The molecule has 1 aromatic carbocycles. The number of nitrogens with one attached hydrogen (secondary N) is 1. The summed E-state index contributed by atoms with van der Waals surface area (Å²) in [6, 6.07) is 9.49. The highest BCUT2D eigenvalue weighted by Crippen LogP contribution is 2.53. The van der Waals surface area contributed by atoms with E-state index < -0.39 is 24.7 Å². The number of aliphatic hydroxyl groups excluding tert-OH is 3. The lowest BCUT2D eigenvalue weighted by molar-refractivity contribution is -0.126. The van der Waals surface area contributed by atoms with Crippen LogP contribution in [-0.2, 0) is 4.79 Å². The summed E-state index contributed by atoms with van der Waals surface area (Å²) >= 11 is 0. The quantitative estimate of drug-likeness (QED) is 0.606. The Morgan fingerprint density at radius 2 is 1.80 bits per heavy atom. The fourth-order valence-corrected chi connectivity index (χ4v) is 3.91. The number of aliphatic hydroxyl groups is 3. The SMILES string of the molecule is O=C(CO)N[C@H]1[C@@H]2C[C@@H]([C@@H](O)[C@H]2O)[C@@H]1c1ccccc1. The first-order valence-electron chi connectivity index (χ1n) is 6.94. The van der Waals surface area contributed by atoms with Crippen LogP contribution in [0, 0.1) is 11.8 Å². The lowest BCUT2D eigenvalue weighted by atomic mass is 9.77. The number of hydrogen-bond acceptors (Lipinski definition) is 4. The van der Waals surface area contributed by atoms with E-state index in [1.807, 2.05) is 30.3 Å². The van der Waals surface area contributed by atoms with Crippen molar-refractivity contribution in [2.75, 3.05) is 6.61 Å². The molecular formula is C15H19NO4. The first-order chi connectivity index (χ1) is 9.63. The average Bonchev–Trinajstić information content (AvgIpc) is 2.97. The van der Waals surface area contributed by atoms with Crippen molar-refractivity contribution in [1.82, 2.24) is 5.32 Å². The number of amides is 1. The van der Waals surface area contributed by atoms with Crippen LogP contribution in [-0.4, -0.2) is 46.1 Å². The molecule has 0 saturated heterocycles. The fourth-order valence-electron chi connectivity index (χ4n) is 3.91. The highest BCUT2D eigenvalue weighted by Gasteiger charge is 2.58. The van der Waals surface area contributed by atoms with Crippen molar-refractivity contribution in [1.29, 1.82) is 0 Å². The van der Waals surface area contributed by atoms with Crippen LogP contribution in [0.1, 0.15) is 17.9 Å². The molecule has 0 heterocycles. The van der Waals surface area contributed by atoms with Crippen LogP contribution in [0.5, 0.6) is 0 Å². The average molecular weight is 277 g/mol. The van der Waals surface area contributed by atoms with Gasteiger partial charge in [0.2, 0.25) is 5.91 Å². The van der Waals surface area contributed by atoms with Crippen molar-refractivity contribution >= 4 is 5.91 Å². The zero-order chi connectivity index (χ0) is 14.3. The zero-order valence-corrected chi connectivity index (χ0v) is 11.0. The largest absolute Gasteiger partial charge is 0.390 e. The molecule has 2 bridgehead atoms. The van der Waals surface area contributed by atoms with Gasteiger partial charge in [0.25, 0.3) is 0 Å². The van der Waals surface area contributed by atoms with Gasteiger partial charge in [-0.2, -0.15) is 0 Å². The molecule has 1 aromatic rings. The summed E-state index contributed by atoms with van der Waals surface area (Å²) < 4.78 is 0. The van der Waals surface area contributed by atoms with Gasteiger partial charge in [-0.25, -0.2) is 0 Å². The standard InChI is InChI=1S/C15H19NO4/c17-7-11(18)16-13-10-6-9(14(19)15(10)20)12(13)8-4-2-1-3-5-8/h1-5,9-10,12-15,17,19-20H,6-7H2,(H,16,18)/t9-,10+,12+,13+,14-,15+/m1/s1. The molecule has 4 N–H and O–H groups in total. The number of carbonyl (C=O) groups is 1. The van der Waals surface area contributed by atoms with E-state index in [-0.39, 0.29) is 23.8 Å². The van der Waals surface area contributed by atoms with Crippen molar-refractivity contribution < 1.29 is 20.1 Å². The Morgan fingerprint density at radius 1 is 1.15 bits per heavy atom. The molecule has 2 aliphatic rings. The van der Waals surface area contributed by atoms with Gasteiger partial charge < -0.3 is 20.6 Å². The zero-order valence-electron chi connectivity index (χ0n) is 11.0. The van der Waals surface area contributed by atoms with Gasteiger partial charge >= 0.3 is 0 Å². The van der Waals surface area contributed by atoms with Crippen molar-refractivity contribution in [3.8, 4) is 0 Å². The maximum absolute atomic E-state index is 11.5. The Morgan fingerprint density at radius 3 is 2.45 bits per heavy atom. The van der Waals surface area contributed by atoms with Gasteiger partial charge in [0, 0.05) is 17.9 Å². The highest BCUT2D eigenvalue weighted by molar-refractivity contribution is 5.77. The maximum Gasteiger partial charge on any atom is 0.245 e. The second-order valence-electron chi connectivity index (χ2n) is 5.73. The Hall–Kier alpha value is -1.43. The minimum Gasteiger partial charge on any atom is -0.390 e. The fraction of sp³-hybridized carbons (Fsp3) is 0.533. The maximum atomic E-state index is 11.5. The van der Waals surface area contributed by atoms with Gasteiger partial charge in [0.05, 0.1) is 12.2 Å². The normalized spacial score (nSPS) is 39.0. The predicted molar refractivity (Wildman–Crippen MR) is 71.8 cm³/mol. The van der Waals surface area contributed by atoms with Gasteiger partial charge in [0.1, 0.15) is 6.61 Å². The molecule has 0 unspecified atom stereocenters. The van der Waals surface area contributed by atoms with Crippen LogP contribution in [0.25, 0.3) is 0 Å². The molecule has 5 nitrogen and oxygen atoms in total. The van der Waals surface area contributed by atoms with Crippen LogP contribution in [0.2, 0.25) is 0 Å². The molecule has 5 heteroatoms. The van der Waals surface area contributed by atoms with Crippen LogP contribution in [0.3, 0.4) is 0 Å². The minimum atomic E-state index is -0.802. The second-order valence-corrected chi connectivity index (χ2v) is 5.73. The van der Waals surface area contributed by atoms with Crippen LogP contribution >= 0.6 is 0 Å². The minimum absolute atomic E-state index is 0.0184. The summed E-state index contributed by atoms with van der Waals surface area (Å²) in [7, 11) is 0. The lowest BCUT2D eigenvalue weighted by Crippen LogP contribution is -2.52. The molecule has 0 radical (unpaired) electrons. The molecular weight excluding hydrogens is 258 g/mol. The Balaban J connectivity index is 1.91. The van der Waals surface area contributed by atoms with E-state index in [0.717, 1.165) is 5.56 Å². The topological polar surface area (TPSA) is 89.8 Å². The van der Waals surface area contributed by atoms with Crippen molar-refractivity contribution in [3.05, 3.63) is 35.9 Å². The molecule has 2 aliphatic carbocycles. The monoisotopic (exact) mass is 277 g/mol. The molecule has 20 heavy (non-hydrogen) atoms. The summed E-state index contributed by atoms with van der Waals surface area (Å²) in [5.74, 6) is -0.669. The molecule has 108 valence electrons. The third-order valence-corrected chi connectivity index (χ3v) is 4.74. The van der Waals surface area contributed by atoms with E-state index in [4.69, 9.17) is 5.11 Å². The molecule has 0 aliphatic heterocycles. The number of hydrogen-bond donors (Lipinski definition) is 4. The Bertz CT molecular complexity index is 492. The molecule has 0 spiro atoms. The van der Waals surface area contributed by atoms with Crippen LogP contribution in [0.4, 0.5) is 0 Å². The van der Waals surface area contributed by atoms with Gasteiger partial charge in [0.15, 0.2) is 0 Å². The first kappa shape index (κ1) is 13.5. The van der Waals surface area contributed by atoms with E-state index >= 15 is 0 Å². The Labute approximate surface area is 117 Å². The van der Waals surface area contributed by atoms with Crippen molar-refractivity contribution in [2.45, 2.75) is 30.6 Å². The van der Waals surface area contributed by atoms with E-state index in [1.165, 1.54) is 0 Å². The van der Waals surface area contributed by atoms with Gasteiger partial charge in [-0.1, -0.05) is 30.3 Å². The summed E-state index contributed by atoms with van der Waals surface area (Å²) in [5, 5.41) is 31.9. The number of fused-ring (bicyclic) bond motifs is 2. The summed E-state index contributed by atoms with van der Waals surface area (Å²) in [6.45, 7) is -0.561. The third kappa shape index (κ3) is 2.02.